The van der Waals surface area contributed by atoms with Crippen molar-refractivity contribution in [2.45, 2.75) is 50.0 Å². The number of carbonyl (C=O) groups is 1. The normalized spacial score (nSPS) is 19.4. The van der Waals surface area contributed by atoms with Gasteiger partial charge in [0, 0.05) is 11.5 Å². The van der Waals surface area contributed by atoms with Gasteiger partial charge in [0.2, 0.25) is 10.0 Å². The van der Waals surface area contributed by atoms with Crippen molar-refractivity contribution in [1.29, 1.82) is 0 Å². The molecule has 0 amide bonds. The molecule has 2 atom stereocenters. The molecular formula is C29H33NO6S. The smallest absolute Gasteiger partial charge is 0.318 e. The van der Waals surface area contributed by atoms with Gasteiger partial charge in [-0.2, -0.15) is 4.31 Å². The van der Waals surface area contributed by atoms with E-state index in [1.807, 2.05) is 57.2 Å². The Kier molecular flexibility index (Phi) is 7.35. The van der Waals surface area contributed by atoms with Gasteiger partial charge in [0.25, 0.3) is 0 Å². The van der Waals surface area contributed by atoms with Crippen LogP contribution in [0.2, 0.25) is 0 Å². The lowest BCUT2D eigenvalue weighted by atomic mass is 9.67. The SMILES string of the molecule is COc1cc2c(cc1OC)[C@@H](c1cccc(C)c1)[C@](C)(N(CC(=O)O)S(=O)(=O)c1ccc(C)cc1)CC2. The molecule has 1 aliphatic carbocycles. The molecule has 0 fully saturated rings. The Hall–Kier alpha value is -3.36. The zero-order valence-electron chi connectivity index (χ0n) is 21.8. The molecule has 0 aliphatic heterocycles. The zero-order chi connectivity index (χ0) is 27.0. The van der Waals surface area contributed by atoms with E-state index < -0.39 is 34.0 Å². The average Bonchev–Trinajstić information content (AvgIpc) is 2.86. The van der Waals surface area contributed by atoms with Gasteiger partial charge in [0.1, 0.15) is 6.54 Å². The Morgan fingerprint density at radius 3 is 2.24 bits per heavy atom. The summed E-state index contributed by atoms with van der Waals surface area (Å²) in [5, 5.41) is 9.89. The molecule has 3 aromatic rings. The maximum Gasteiger partial charge on any atom is 0.318 e. The summed E-state index contributed by atoms with van der Waals surface area (Å²) in [5.41, 5.74) is 3.68. The third kappa shape index (κ3) is 4.95. The van der Waals surface area contributed by atoms with Crippen LogP contribution >= 0.6 is 0 Å². The van der Waals surface area contributed by atoms with Gasteiger partial charge >= 0.3 is 5.97 Å². The highest BCUT2D eigenvalue weighted by Crippen LogP contribution is 2.50. The van der Waals surface area contributed by atoms with E-state index in [0.717, 1.165) is 27.8 Å². The van der Waals surface area contributed by atoms with Crippen LogP contribution in [-0.4, -0.2) is 50.1 Å². The molecule has 0 aromatic heterocycles. The van der Waals surface area contributed by atoms with Gasteiger partial charge in [0.15, 0.2) is 11.5 Å². The number of fused-ring (bicyclic) bond motifs is 1. The van der Waals surface area contributed by atoms with Gasteiger partial charge in [-0.15, -0.1) is 0 Å². The van der Waals surface area contributed by atoms with Crippen molar-refractivity contribution in [3.63, 3.8) is 0 Å². The standard InChI is InChI=1S/C29H33NO6S/c1-19-9-11-23(12-10-19)37(33,34)30(18-27(31)32)29(3)14-13-21-16-25(35-4)26(36-5)17-24(21)28(29)22-8-6-7-20(2)15-22/h6-12,15-17,28H,13-14,18H2,1-5H3,(H,31,32)/t28-,29-/m1/s1. The van der Waals surface area contributed by atoms with Gasteiger partial charge in [-0.25, -0.2) is 8.42 Å². The van der Waals surface area contributed by atoms with Crippen molar-refractivity contribution in [2.24, 2.45) is 0 Å². The lowest BCUT2D eigenvalue weighted by Gasteiger charge is -2.49. The van der Waals surface area contributed by atoms with Gasteiger partial charge in [-0.05, 0) is 74.6 Å². The first-order valence-corrected chi connectivity index (χ1v) is 13.6. The van der Waals surface area contributed by atoms with Crippen molar-refractivity contribution < 1.29 is 27.8 Å². The number of benzene rings is 3. The molecule has 0 unspecified atom stereocenters. The van der Waals surface area contributed by atoms with Crippen LogP contribution in [0.1, 0.15) is 47.1 Å². The minimum absolute atomic E-state index is 0.0710. The van der Waals surface area contributed by atoms with Crippen molar-refractivity contribution in [3.05, 3.63) is 88.5 Å². The summed E-state index contributed by atoms with van der Waals surface area (Å²) >= 11 is 0. The highest BCUT2D eigenvalue weighted by molar-refractivity contribution is 7.89. The highest BCUT2D eigenvalue weighted by Gasteiger charge is 2.50. The lowest BCUT2D eigenvalue weighted by molar-refractivity contribution is -0.138. The number of aliphatic carboxylic acids is 1. The second-order valence-electron chi connectivity index (χ2n) is 9.83. The van der Waals surface area contributed by atoms with E-state index in [2.05, 4.69) is 0 Å². The van der Waals surface area contributed by atoms with Crippen LogP contribution in [-0.2, 0) is 21.2 Å². The average molecular weight is 524 g/mol. The fraction of sp³-hybridized carbons (Fsp3) is 0.345. The zero-order valence-corrected chi connectivity index (χ0v) is 22.6. The molecule has 8 heteroatoms. The number of methoxy groups -OCH3 is 2. The number of hydrogen-bond donors (Lipinski definition) is 1. The van der Waals surface area contributed by atoms with Crippen LogP contribution in [0.5, 0.6) is 11.5 Å². The Morgan fingerprint density at radius 1 is 1.00 bits per heavy atom. The van der Waals surface area contributed by atoms with Gasteiger partial charge in [-0.1, -0.05) is 47.5 Å². The Labute approximate surface area is 218 Å². The molecule has 37 heavy (non-hydrogen) atoms. The Morgan fingerprint density at radius 2 is 1.65 bits per heavy atom. The number of carboxylic acids is 1. The Bertz CT molecular complexity index is 1420. The van der Waals surface area contributed by atoms with E-state index in [1.165, 1.54) is 16.4 Å². The van der Waals surface area contributed by atoms with Gasteiger partial charge in [-0.3, -0.25) is 4.79 Å². The summed E-state index contributed by atoms with van der Waals surface area (Å²) in [4.78, 5) is 12.2. The van der Waals surface area contributed by atoms with E-state index in [-0.39, 0.29) is 4.90 Å². The monoisotopic (exact) mass is 523 g/mol. The molecule has 3 aromatic carbocycles. The maximum atomic E-state index is 14.1. The molecule has 4 rings (SSSR count). The molecule has 1 aliphatic rings. The summed E-state index contributed by atoms with van der Waals surface area (Å²) in [5.74, 6) is -0.523. The molecule has 0 radical (unpaired) electrons. The first-order chi connectivity index (χ1) is 17.5. The molecule has 196 valence electrons. The molecule has 0 saturated carbocycles. The number of aryl methyl sites for hydroxylation is 3. The third-order valence-corrected chi connectivity index (χ3v) is 9.31. The fourth-order valence-corrected chi connectivity index (χ4v) is 7.21. The quantitative estimate of drug-likeness (QED) is 0.450. The van der Waals surface area contributed by atoms with Crippen LogP contribution in [0, 0.1) is 13.8 Å². The molecule has 0 saturated heterocycles. The summed E-state index contributed by atoms with van der Waals surface area (Å²) in [6.45, 7) is 5.06. The minimum Gasteiger partial charge on any atom is -0.493 e. The number of ether oxygens (including phenoxy) is 2. The topological polar surface area (TPSA) is 93.1 Å². The summed E-state index contributed by atoms with van der Waals surface area (Å²) in [6, 6.07) is 18.3. The molecule has 0 heterocycles. The molecule has 0 spiro atoms. The molecule has 0 bridgehead atoms. The lowest BCUT2D eigenvalue weighted by Crippen LogP contribution is -2.57. The second-order valence-corrected chi connectivity index (χ2v) is 11.7. The van der Waals surface area contributed by atoms with E-state index in [4.69, 9.17) is 9.47 Å². The van der Waals surface area contributed by atoms with E-state index in [0.29, 0.717) is 24.3 Å². The van der Waals surface area contributed by atoms with Crippen molar-refractivity contribution in [2.75, 3.05) is 20.8 Å². The van der Waals surface area contributed by atoms with Crippen molar-refractivity contribution in [1.82, 2.24) is 4.31 Å². The van der Waals surface area contributed by atoms with Crippen LogP contribution in [0.25, 0.3) is 0 Å². The van der Waals surface area contributed by atoms with E-state index in [1.54, 1.807) is 26.4 Å². The first kappa shape index (κ1) is 26.7. The Balaban J connectivity index is 1.99. The first-order valence-electron chi connectivity index (χ1n) is 12.1. The number of nitrogens with zero attached hydrogens (tertiary/aromatic N) is 1. The van der Waals surface area contributed by atoms with E-state index >= 15 is 0 Å². The van der Waals surface area contributed by atoms with Gasteiger partial charge < -0.3 is 14.6 Å². The van der Waals surface area contributed by atoms with Crippen molar-refractivity contribution in [3.8, 4) is 11.5 Å². The van der Waals surface area contributed by atoms with Crippen molar-refractivity contribution >= 4 is 16.0 Å². The predicted octanol–water partition coefficient (Wildman–Crippen LogP) is 4.93. The summed E-state index contributed by atoms with van der Waals surface area (Å²) in [7, 11) is -1.01. The van der Waals surface area contributed by atoms with Crippen LogP contribution < -0.4 is 9.47 Å². The number of carboxylic acid groups (broad SMARTS) is 1. The summed E-state index contributed by atoms with van der Waals surface area (Å²) in [6.07, 6.45) is 0.973. The maximum absolute atomic E-state index is 14.1. The molecule has 7 nitrogen and oxygen atoms in total. The van der Waals surface area contributed by atoms with Crippen LogP contribution in [0.15, 0.2) is 65.6 Å². The largest absolute Gasteiger partial charge is 0.493 e. The molecular weight excluding hydrogens is 490 g/mol. The third-order valence-electron chi connectivity index (χ3n) is 7.31. The highest BCUT2D eigenvalue weighted by atomic mass is 32.2. The molecule has 1 N–H and O–H groups in total. The second kappa shape index (κ2) is 10.2. The van der Waals surface area contributed by atoms with Crippen LogP contribution in [0.4, 0.5) is 0 Å². The van der Waals surface area contributed by atoms with E-state index in [9.17, 15) is 18.3 Å². The summed E-state index contributed by atoms with van der Waals surface area (Å²) < 4.78 is 40.5. The number of sulfonamides is 1. The number of rotatable bonds is 8. The predicted molar refractivity (Wildman–Crippen MR) is 142 cm³/mol. The van der Waals surface area contributed by atoms with Gasteiger partial charge in [0.05, 0.1) is 19.1 Å². The van der Waals surface area contributed by atoms with Crippen LogP contribution in [0.3, 0.4) is 0 Å². The minimum atomic E-state index is -4.16. The number of hydrogen-bond acceptors (Lipinski definition) is 5. The fourth-order valence-electron chi connectivity index (χ4n) is 5.45.